The van der Waals surface area contributed by atoms with Crippen LogP contribution in [0.3, 0.4) is 0 Å². The maximum atomic E-state index is 12.4. The van der Waals surface area contributed by atoms with Crippen LogP contribution in [0, 0.1) is 5.92 Å². The van der Waals surface area contributed by atoms with Crippen LogP contribution in [-0.2, 0) is 11.2 Å². The number of piperidine rings is 1. The third-order valence-electron chi connectivity index (χ3n) is 4.14. The Morgan fingerprint density at radius 2 is 2.14 bits per heavy atom. The zero-order chi connectivity index (χ0) is 16.1. The molecule has 2 rings (SSSR count). The molecule has 0 spiro atoms. The number of amides is 1. The zero-order valence-corrected chi connectivity index (χ0v) is 13.0. The van der Waals surface area contributed by atoms with E-state index in [9.17, 15) is 9.90 Å². The van der Waals surface area contributed by atoms with E-state index in [-0.39, 0.29) is 31.4 Å². The summed E-state index contributed by atoms with van der Waals surface area (Å²) < 4.78 is 10.4. The first kappa shape index (κ1) is 16.6. The lowest BCUT2D eigenvalue weighted by Crippen LogP contribution is -2.48. The van der Waals surface area contributed by atoms with Crippen molar-refractivity contribution in [3.8, 4) is 11.5 Å². The van der Waals surface area contributed by atoms with Crippen LogP contribution in [0.4, 0.5) is 0 Å². The first-order valence-electron chi connectivity index (χ1n) is 7.36. The van der Waals surface area contributed by atoms with Gasteiger partial charge in [0.15, 0.2) is 0 Å². The van der Waals surface area contributed by atoms with Crippen LogP contribution in [0.15, 0.2) is 18.2 Å². The number of carbonyl (C=O) groups is 1. The Kier molecular flexibility index (Phi) is 5.63. The van der Waals surface area contributed by atoms with E-state index in [0.29, 0.717) is 24.5 Å². The van der Waals surface area contributed by atoms with Gasteiger partial charge in [0, 0.05) is 37.2 Å². The Bertz CT molecular complexity index is 519. The molecule has 6 heteroatoms. The van der Waals surface area contributed by atoms with Crippen molar-refractivity contribution in [2.45, 2.75) is 18.9 Å². The van der Waals surface area contributed by atoms with Gasteiger partial charge in [-0.1, -0.05) is 6.07 Å². The lowest BCUT2D eigenvalue weighted by atomic mass is 9.94. The number of ether oxygens (including phenoxy) is 2. The van der Waals surface area contributed by atoms with E-state index in [0.717, 1.165) is 5.56 Å². The molecule has 2 atom stereocenters. The Labute approximate surface area is 130 Å². The van der Waals surface area contributed by atoms with Crippen molar-refractivity contribution < 1.29 is 24.5 Å². The lowest BCUT2D eigenvalue weighted by molar-refractivity contribution is -0.135. The molecule has 0 bridgehead atoms. The second-order valence-electron chi connectivity index (χ2n) is 5.49. The molecule has 1 aromatic rings. The topological polar surface area (TPSA) is 79.2 Å². The number of rotatable bonds is 5. The summed E-state index contributed by atoms with van der Waals surface area (Å²) in [6, 6.07) is 5.35. The average molecular weight is 309 g/mol. The number of benzene rings is 1. The highest BCUT2D eigenvalue weighted by molar-refractivity contribution is 5.79. The number of hydrogen-bond donors (Lipinski definition) is 2. The fourth-order valence-corrected chi connectivity index (χ4v) is 2.69. The second kappa shape index (κ2) is 7.47. The van der Waals surface area contributed by atoms with E-state index >= 15 is 0 Å². The summed E-state index contributed by atoms with van der Waals surface area (Å²) >= 11 is 0. The molecule has 122 valence electrons. The normalized spacial score (nSPS) is 21.5. The van der Waals surface area contributed by atoms with Gasteiger partial charge in [-0.15, -0.1) is 0 Å². The van der Waals surface area contributed by atoms with Gasteiger partial charge < -0.3 is 24.6 Å². The van der Waals surface area contributed by atoms with Gasteiger partial charge in [0.05, 0.1) is 26.7 Å². The average Bonchev–Trinajstić information content (AvgIpc) is 2.55. The number of aliphatic hydroxyl groups excluding tert-OH is 2. The smallest absolute Gasteiger partial charge is 0.227 e. The molecule has 0 aliphatic carbocycles. The SMILES string of the molecule is COc1ccc(CC(=O)N2CC[C@H](CO)[C@H](O)C2)c(OC)c1. The number of β-amino-alcohol motifs (C(OH)–C–C–N with tert-alkyl or cyclic N) is 1. The summed E-state index contributed by atoms with van der Waals surface area (Å²) in [7, 11) is 3.13. The molecule has 0 radical (unpaired) electrons. The summed E-state index contributed by atoms with van der Waals surface area (Å²) in [5, 5.41) is 19.1. The summed E-state index contributed by atoms with van der Waals surface area (Å²) in [5.41, 5.74) is 0.784. The van der Waals surface area contributed by atoms with Gasteiger partial charge in [0.2, 0.25) is 5.91 Å². The van der Waals surface area contributed by atoms with Crippen LogP contribution < -0.4 is 9.47 Å². The van der Waals surface area contributed by atoms with Crippen molar-refractivity contribution in [1.29, 1.82) is 0 Å². The highest BCUT2D eigenvalue weighted by Gasteiger charge is 2.29. The summed E-state index contributed by atoms with van der Waals surface area (Å²) in [6.07, 6.45) is 0.160. The van der Waals surface area contributed by atoms with E-state index in [4.69, 9.17) is 14.6 Å². The predicted octanol–water partition coefficient (Wildman–Crippen LogP) is 0.448. The van der Waals surface area contributed by atoms with Crippen LogP contribution in [0.5, 0.6) is 11.5 Å². The van der Waals surface area contributed by atoms with Gasteiger partial charge in [-0.05, 0) is 12.5 Å². The summed E-state index contributed by atoms with van der Waals surface area (Å²) in [6.45, 7) is 0.775. The van der Waals surface area contributed by atoms with Crippen molar-refractivity contribution in [2.75, 3.05) is 33.9 Å². The van der Waals surface area contributed by atoms with Crippen molar-refractivity contribution in [1.82, 2.24) is 4.90 Å². The van der Waals surface area contributed by atoms with E-state index in [2.05, 4.69) is 0 Å². The van der Waals surface area contributed by atoms with Crippen molar-refractivity contribution in [3.05, 3.63) is 23.8 Å². The third-order valence-corrected chi connectivity index (χ3v) is 4.14. The van der Waals surface area contributed by atoms with E-state index in [1.54, 1.807) is 31.3 Å². The second-order valence-corrected chi connectivity index (χ2v) is 5.49. The van der Waals surface area contributed by atoms with E-state index in [1.807, 2.05) is 6.07 Å². The molecule has 22 heavy (non-hydrogen) atoms. The molecule has 1 fully saturated rings. The van der Waals surface area contributed by atoms with Gasteiger partial charge in [-0.25, -0.2) is 0 Å². The van der Waals surface area contributed by atoms with Crippen LogP contribution in [-0.4, -0.2) is 61.0 Å². The van der Waals surface area contributed by atoms with E-state index < -0.39 is 6.10 Å². The number of hydrogen-bond acceptors (Lipinski definition) is 5. The third kappa shape index (κ3) is 3.69. The maximum Gasteiger partial charge on any atom is 0.227 e. The Balaban J connectivity index is 2.03. The molecule has 2 N–H and O–H groups in total. The minimum Gasteiger partial charge on any atom is -0.497 e. The van der Waals surface area contributed by atoms with Gasteiger partial charge in [-0.2, -0.15) is 0 Å². The number of carbonyl (C=O) groups excluding carboxylic acids is 1. The molecule has 0 aromatic heterocycles. The molecule has 1 aliphatic heterocycles. The van der Waals surface area contributed by atoms with Gasteiger partial charge in [0.1, 0.15) is 11.5 Å². The number of nitrogens with zero attached hydrogens (tertiary/aromatic N) is 1. The molecule has 1 heterocycles. The van der Waals surface area contributed by atoms with Crippen LogP contribution in [0.25, 0.3) is 0 Å². The molecule has 0 saturated carbocycles. The maximum absolute atomic E-state index is 12.4. The largest absolute Gasteiger partial charge is 0.497 e. The van der Waals surface area contributed by atoms with Gasteiger partial charge in [-0.3, -0.25) is 4.79 Å². The molecule has 1 saturated heterocycles. The van der Waals surface area contributed by atoms with E-state index in [1.165, 1.54) is 0 Å². The summed E-state index contributed by atoms with van der Waals surface area (Å²) in [4.78, 5) is 14.0. The highest BCUT2D eigenvalue weighted by atomic mass is 16.5. The Hall–Kier alpha value is -1.79. The quantitative estimate of drug-likeness (QED) is 0.825. The minimum absolute atomic E-state index is 0.0461. The number of aliphatic hydroxyl groups is 2. The molecular formula is C16H23NO5. The molecule has 1 aliphatic rings. The zero-order valence-electron chi connectivity index (χ0n) is 13.0. The lowest BCUT2D eigenvalue weighted by Gasteiger charge is -2.35. The van der Waals surface area contributed by atoms with Crippen LogP contribution >= 0.6 is 0 Å². The van der Waals surface area contributed by atoms with Crippen molar-refractivity contribution in [2.24, 2.45) is 5.92 Å². The van der Waals surface area contributed by atoms with Gasteiger partial charge in [0.25, 0.3) is 0 Å². The fraction of sp³-hybridized carbons (Fsp3) is 0.562. The number of methoxy groups -OCH3 is 2. The highest BCUT2D eigenvalue weighted by Crippen LogP contribution is 2.26. The number of likely N-dealkylation sites (tertiary alicyclic amines) is 1. The fourth-order valence-electron chi connectivity index (χ4n) is 2.69. The molecule has 6 nitrogen and oxygen atoms in total. The minimum atomic E-state index is -0.666. The van der Waals surface area contributed by atoms with Crippen molar-refractivity contribution >= 4 is 5.91 Å². The van der Waals surface area contributed by atoms with Crippen molar-refractivity contribution in [3.63, 3.8) is 0 Å². The Morgan fingerprint density at radius 3 is 2.73 bits per heavy atom. The predicted molar refractivity (Wildman–Crippen MR) is 81.0 cm³/mol. The Morgan fingerprint density at radius 1 is 1.36 bits per heavy atom. The first-order valence-corrected chi connectivity index (χ1v) is 7.36. The molecular weight excluding hydrogens is 286 g/mol. The molecule has 0 unspecified atom stereocenters. The standard InChI is InChI=1S/C16H23NO5/c1-21-13-4-3-11(15(8-13)22-2)7-16(20)17-6-5-12(10-18)14(19)9-17/h3-4,8,12,14,18-19H,5-7,9-10H2,1-2H3/t12-,14-/m1/s1. The molecule has 1 amide bonds. The van der Waals surface area contributed by atoms with Gasteiger partial charge >= 0.3 is 0 Å². The van der Waals surface area contributed by atoms with Crippen LogP contribution in [0.1, 0.15) is 12.0 Å². The molecule has 1 aromatic carbocycles. The van der Waals surface area contributed by atoms with Crippen LogP contribution in [0.2, 0.25) is 0 Å². The summed E-state index contributed by atoms with van der Waals surface area (Å²) in [5.74, 6) is 1.09. The first-order chi connectivity index (χ1) is 10.6. The monoisotopic (exact) mass is 309 g/mol.